The van der Waals surface area contributed by atoms with Gasteiger partial charge in [0.2, 0.25) is 10.0 Å². The average molecular weight is 290 g/mol. The third-order valence-electron chi connectivity index (χ3n) is 2.32. The van der Waals surface area contributed by atoms with Gasteiger partial charge in [0.15, 0.2) is 17.7 Å². The highest BCUT2D eigenvalue weighted by atomic mass is 32.2. The molecule has 0 fully saturated rings. The minimum absolute atomic E-state index is 0.213. The van der Waals surface area contributed by atoms with Crippen molar-refractivity contribution >= 4 is 15.9 Å². The van der Waals surface area contributed by atoms with Gasteiger partial charge < -0.3 is 9.64 Å². The van der Waals surface area contributed by atoms with Gasteiger partial charge in [-0.1, -0.05) is 0 Å². The van der Waals surface area contributed by atoms with Gasteiger partial charge in [0, 0.05) is 14.1 Å². The molecule has 0 aromatic heterocycles. The lowest BCUT2D eigenvalue weighted by Gasteiger charge is -2.18. The smallest absolute Gasteiger partial charge is 0.262 e. The molecule has 1 aromatic carbocycles. The molecule has 19 heavy (non-hydrogen) atoms. The molecule has 2 N–H and O–H groups in total. The molecule has 0 saturated carbocycles. The van der Waals surface area contributed by atoms with Gasteiger partial charge in [-0.25, -0.2) is 17.9 Å². The van der Waals surface area contributed by atoms with Crippen LogP contribution in [0.4, 0.5) is 4.39 Å². The van der Waals surface area contributed by atoms with Gasteiger partial charge in [-0.3, -0.25) is 4.79 Å². The number of sulfonamides is 1. The first-order valence-electron chi connectivity index (χ1n) is 5.33. The van der Waals surface area contributed by atoms with E-state index < -0.39 is 21.9 Å². The summed E-state index contributed by atoms with van der Waals surface area (Å²) in [5.41, 5.74) is 0. The first-order chi connectivity index (χ1) is 8.62. The second-order valence-corrected chi connectivity index (χ2v) is 5.69. The number of rotatable bonds is 4. The summed E-state index contributed by atoms with van der Waals surface area (Å²) in [5, 5.41) is 4.87. The van der Waals surface area contributed by atoms with E-state index in [0.29, 0.717) is 0 Å². The zero-order valence-corrected chi connectivity index (χ0v) is 11.6. The van der Waals surface area contributed by atoms with Crippen LogP contribution < -0.4 is 9.88 Å². The molecule has 0 spiro atoms. The molecule has 0 bridgehead atoms. The van der Waals surface area contributed by atoms with E-state index in [1.165, 1.54) is 11.8 Å². The van der Waals surface area contributed by atoms with Crippen LogP contribution in [0.25, 0.3) is 0 Å². The van der Waals surface area contributed by atoms with Crippen molar-refractivity contribution < 1.29 is 22.3 Å². The summed E-state index contributed by atoms with van der Waals surface area (Å²) in [4.78, 5) is 12.5. The van der Waals surface area contributed by atoms with Crippen LogP contribution in [0, 0.1) is 5.82 Å². The summed E-state index contributed by atoms with van der Waals surface area (Å²) in [6.45, 7) is 1.47. The molecule has 0 aliphatic carbocycles. The Morgan fingerprint density at radius 1 is 1.42 bits per heavy atom. The normalized spacial score (nSPS) is 12.9. The molecule has 1 amide bonds. The van der Waals surface area contributed by atoms with Crippen LogP contribution in [-0.4, -0.2) is 39.4 Å². The molecule has 1 atom stereocenters. The molecule has 0 aliphatic heterocycles. The minimum atomic E-state index is -3.97. The summed E-state index contributed by atoms with van der Waals surface area (Å²) in [7, 11) is -0.882. The summed E-state index contributed by atoms with van der Waals surface area (Å²) in [6, 6.07) is 2.98. The number of carbonyl (C=O) groups is 1. The number of nitrogens with two attached hydrogens (primary N) is 1. The number of nitrogens with zero attached hydrogens (tertiary/aromatic N) is 1. The van der Waals surface area contributed by atoms with Gasteiger partial charge in [0.25, 0.3) is 5.91 Å². The zero-order chi connectivity index (χ0) is 14.8. The van der Waals surface area contributed by atoms with Crippen molar-refractivity contribution in [3.8, 4) is 5.75 Å². The summed E-state index contributed by atoms with van der Waals surface area (Å²) in [5.74, 6) is -1.45. The van der Waals surface area contributed by atoms with Crippen LogP contribution in [0.5, 0.6) is 5.75 Å². The fourth-order valence-electron chi connectivity index (χ4n) is 1.36. The fraction of sp³-hybridized carbons (Fsp3) is 0.364. The number of primary sulfonamides is 1. The number of hydrogen-bond donors (Lipinski definition) is 1. The van der Waals surface area contributed by atoms with Gasteiger partial charge in [-0.2, -0.15) is 0 Å². The largest absolute Gasteiger partial charge is 0.478 e. The van der Waals surface area contributed by atoms with Crippen molar-refractivity contribution in [3.05, 3.63) is 24.0 Å². The Bertz CT molecular complexity index is 586. The Balaban J connectivity index is 2.96. The lowest BCUT2D eigenvalue weighted by molar-refractivity contribution is -0.135. The first-order valence-corrected chi connectivity index (χ1v) is 6.87. The summed E-state index contributed by atoms with van der Waals surface area (Å²) < 4.78 is 40.8. The standard InChI is InChI=1S/C11H15FN2O4S/c1-7(11(15)14(2)3)18-10-5-4-8(6-9(10)12)19(13,16)17/h4-7H,1-3H3,(H2,13,16,17). The molecular formula is C11H15FN2O4S. The van der Waals surface area contributed by atoms with Crippen LogP contribution in [0.3, 0.4) is 0 Å². The number of hydrogen-bond acceptors (Lipinski definition) is 4. The van der Waals surface area contributed by atoms with E-state index in [1.54, 1.807) is 14.1 Å². The Labute approximate surface area is 111 Å². The van der Waals surface area contributed by atoms with Gasteiger partial charge in [0.1, 0.15) is 0 Å². The summed E-state index contributed by atoms with van der Waals surface area (Å²) >= 11 is 0. The van der Waals surface area contributed by atoms with Crippen LogP contribution in [-0.2, 0) is 14.8 Å². The van der Waals surface area contributed by atoms with Crippen LogP contribution in [0.2, 0.25) is 0 Å². The highest BCUT2D eigenvalue weighted by Gasteiger charge is 2.19. The quantitative estimate of drug-likeness (QED) is 0.865. The Morgan fingerprint density at radius 2 is 2.00 bits per heavy atom. The lowest BCUT2D eigenvalue weighted by atomic mass is 10.3. The maximum atomic E-state index is 13.6. The molecule has 0 radical (unpaired) electrons. The highest BCUT2D eigenvalue weighted by molar-refractivity contribution is 7.89. The zero-order valence-electron chi connectivity index (χ0n) is 10.8. The predicted molar refractivity (Wildman–Crippen MR) is 66.6 cm³/mol. The molecule has 0 saturated heterocycles. The van der Waals surface area contributed by atoms with E-state index in [-0.39, 0.29) is 16.6 Å². The van der Waals surface area contributed by atoms with Crippen molar-refractivity contribution in [2.45, 2.75) is 17.9 Å². The van der Waals surface area contributed by atoms with Crippen molar-refractivity contribution in [3.63, 3.8) is 0 Å². The minimum Gasteiger partial charge on any atom is -0.478 e. The predicted octanol–water partition coefficient (Wildman–Crippen LogP) is 0.329. The summed E-state index contributed by atoms with van der Waals surface area (Å²) in [6.07, 6.45) is -0.884. The maximum Gasteiger partial charge on any atom is 0.262 e. The number of halogens is 1. The first kappa shape index (κ1) is 15.4. The molecule has 1 aromatic rings. The molecule has 1 unspecified atom stereocenters. The lowest BCUT2D eigenvalue weighted by Crippen LogP contribution is -2.35. The second kappa shape index (κ2) is 5.54. The van der Waals surface area contributed by atoms with Crippen molar-refractivity contribution in [1.82, 2.24) is 4.90 Å². The highest BCUT2D eigenvalue weighted by Crippen LogP contribution is 2.21. The van der Waals surface area contributed by atoms with Crippen molar-refractivity contribution in [2.75, 3.05) is 14.1 Å². The molecular weight excluding hydrogens is 275 g/mol. The third kappa shape index (κ3) is 3.90. The maximum absolute atomic E-state index is 13.6. The molecule has 106 valence electrons. The van der Waals surface area contributed by atoms with Gasteiger partial charge in [0.05, 0.1) is 4.90 Å². The molecule has 8 heteroatoms. The van der Waals surface area contributed by atoms with E-state index in [2.05, 4.69) is 0 Å². The average Bonchev–Trinajstić information content (AvgIpc) is 2.29. The Hall–Kier alpha value is -1.67. The van der Waals surface area contributed by atoms with Gasteiger partial charge in [-0.15, -0.1) is 0 Å². The fourth-order valence-corrected chi connectivity index (χ4v) is 1.88. The van der Waals surface area contributed by atoms with E-state index in [1.807, 2.05) is 0 Å². The Kier molecular flexibility index (Phi) is 4.48. The molecule has 0 heterocycles. The number of carbonyl (C=O) groups excluding carboxylic acids is 1. The third-order valence-corrected chi connectivity index (χ3v) is 3.24. The topological polar surface area (TPSA) is 89.7 Å². The van der Waals surface area contributed by atoms with Crippen LogP contribution >= 0.6 is 0 Å². The van der Waals surface area contributed by atoms with E-state index in [9.17, 15) is 17.6 Å². The number of amides is 1. The molecule has 6 nitrogen and oxygen atoms in total. The molecule has 1 rings (SSSR count). The van der Waals surface area contributed by atoms with E-state index >= 15 is 0 Å². The van der Waals surface area contributed by atoms with Crippen LogP contribution in [0.15, 0.2) is 23.1 Å². The van der Waals surface area contributed by atoms with E-state index in [4.69, 9.17) is 9.88 Å². The van der Waals surface area contributed by atoms with Crippen molar-refractivity contribution in [2.24, 2.45) is 5.14 Å². The molecule has 0 aliphatic rings. The number of ether oxygens (including phenoxy) is 1. The second-order valence-electron chi connectivity index (χ2n) is 4.13. The SMILES string of the molecule is CC(Oc1ccc(S(N)(=O)=O)cc1F)C(=O)N(C)C. The van der Waals surface area contributed by atoms with E-state index in [0.717, 1.165) is 18.2 Å². The van der Waals surface area contributed by atoms with Gasteiger partial charge in [-0.05, 0) is 25.1 Å². The Morgan fingerprint density at radius 3 is 2.42 bits per heavy atom. The van der Waals surface area contributed by atoms with Crippen molar-refractivity contribution in [1.29, 1.82) is 0 Å². The van der Waals surface area contributed by atoms with Gasteiger partial charge >= 0.3 is 0 Å². The number of benzene rings is 1. The van der Waals surface area contributed by atoms with Crippen LogP contribution in [0.1, 0.15) is 6.92 Å². The number of likely N-dealkylation sites (N-methyl/N-ethyl adjacent to an activating group) is 1. The monoisotopic (exact) mass is 290 g/mol.